The molecule has 0 aromatic heterocycles. The van der Waals surface area contributed by atoms with Gasteiger partial charge in [0.05, 0.1) is 4.90 Å². The standard InChI is InChI=1S/C14H21BrN2O2S/c1-10-12(15)6-5-8-14(10)20(18,19)17-9-4-3-7-13(17)11(2)16/h5-6,8,11,13H,3-4,7,9,16H2,1-2H3. The molecule has 0 aliphatic carbocycles. The Labute approximate surface area is 129 Å². The van der Waals surface area contributed by atoms with Crippen LogP contribution in [-0.2, 0) is 10.0 Å². The number of rotatable bonds is 3. The van der Waals surface area contributed by atoms with Crippen molar-refractivity contribution < 1.29 is 8.42 Å². The molecule has 1 aromatic rings. The van der Waals surface area contributed by atoms with E-state index in [1.807, 2.05) is 19.9 Å². The summed E-state index contributed by atoms with van der Waals surface area (Å²) in [7, 11) is -3.49. The lowest BCUT2D eigenvalue weighted by atomic mass is 10.00. The van der Waals surface area contributed by atoms with Crippen molar-refractivity contribution in [2.75, 3.05) is 6.54 Å². The summed E-state index contributed by atoms with van der Waals surface area (Å²) in [5.41, 5.74) is 6.74. The topological polar surface area (TPSA) is 63.4 Å². The number of benzene rings is 1. The second-order valence-electron chi connectivity index (χ2n) is 5.40. The number of nitrogens with two attached hydrogens (primary N) is 1. The van der Waals surface area contributed by atoms with Gasteiger partial charge in [-0.15, -0.1) is 0 Å². The van der Waals surface area contributed by atoms with Crippen LogP contribution in [0.4, 0.5) is 0 Å². The summed E-state index contributed by atoms with van der Waals surface area (Å²) in [6.07, 6.45) is 2.77. The first-order valence-corrected chi connectivity index (χ1v) is 9.11. The zero-order chi connectivity index (χ0) is 14.9. The number of piperidine rings is 1. The fourth-order valence-electron chi connectivity index (χ4n) is 2.75. The number of hydrogen-bond acceptors (Lipinski definition) is 3. The molecule has 0 amide bonds. The maximum absolute atomic E-state index is 12.9. The van der Waals surface area contributed by atoms with Crippen molar-refractivity contribution in [2.45, 2.75) is 50.1 Å². The van der Waals surface area contributed by atoms with Crippen LogP contribution in [0.3, 0.4) is 0 Å². The highest BCUT2D eigenvalue weighted by Gasteiger charge is 2.36. The summed E-state index contributed by atoms with van der Waals surface area (Å²) in [4.78, 5) is 0.374. The molecule has 0 spiro atoms. The minimum absolute atomic E-state index is 0.105. The van der Waals surface area contributed by atoms with E-state index in [0.717, 1.165) is 29.3 Å². The predicted molar refractivity (Wildman–Crippen MR) is 84.1 cm³/mol. The highest BCUT2D eigenvalue weighted by atomic mass is 79.9. The lowest BCUT2D eigenvalue weighted by Gasteiger charge is -2.37. The smallest absolute Gasteiger partial charge is 0.243 e. The van der Waals surface area contributed by atoms with E-state index in [4.69, 9.17) is 5.73 Å². The first kappa shape index (κ1) is 15.9. The van der Waals surface area contributed by atoms with Crippen molar-refractivity contribution in [1.29, 1.82) is 0 Å². The molecule has 2 rings (SSSR count). The monoisotopic (exact) mass is 360 g/mol. The van der Waals surface area contributed by atoms with Crippen LogP contribution in [0.15, 0.2) is 27.6 Å². The van der Waals surface area contributed by atoms with Gasteiger partial charge in [-0.3, -0.25) is 0 Å². The van der Waals surface area contributed by atoms with Crippen LogP contribution in [0.25, 0.3) is 0 Å². The minimum Gasteiger partial charge on any atom is -0.326 e. The van der Waals surface area contributed by atoms with Gasteiger partial charge in [-0.2, -0.15) is 4.31 Å². The van der Waals surface area contributed by atoms with Crippen LogP contribution >= 0.6 is 15.9 Å². The average molecular weight is 361 g/mol. The van der Waals surface area contributed by atoms with E-state index < -0.39 is 10.0 Å². The van der Waals surface area contributed by atoms with Gasteiger partial charge in [-0.05, 0) is 44.4 Å². The van der Waals surface area contributed by atoms with Crippen LogP contribution < -0.4 is 5.73 Å². The molecule has 112 valence electrons. The first-order chi connectivity index (χ1) is 9.35. The molecule has 1 aliphatic heterocycles. The molecule has 2 N–H and O–H groups in total. The number of hydrogen-bond donors (Lipinski definition) is 1. The highest BCUT2D eigenvalue weighted by Crippen LogP contribution is 2.30. The summed E-state index contributed by atoms with van der Waals surface area (Å²) in [6.45, 7) is 4.26. The Balaban J connectivity index is 2.45. The highest BCUT2D eigenvalue weighted by molar-refractivity contribution is 9.10. The molecule has 1 heterocycles. The summed E-state index contributed by atoms with van der Waals surface area (Å²) < 4.78 is 28.3. The Morgan fingerprint density at radius 1 is 1.40 bits per heavy atom. The number of sulfonamides is 1. The van der Waals surface area contributed by atoms with Crippen LogP contribution in [0.5, 0.6) is 0 Å². The van der Waals surface area contributed by atoms with Crippen LogP contribution in [0.1, 0.15) is 31.7 Å². The summed E-state index contributed by atoms with van der Waals surface area (Å²) in [5, 5.41) is 0. The molecule has 0 radical (unpaired) electrons. The summed E-state index contributed by atoms with van der Waals surface area (Å²) in [5.74, 6) is 0. The van der Waals surface area contributed by atoms with Gasteiger partial charge >= 0.3 is 0 Å². The zero-order valence-corrected chi connectivity index (χ0v) is 14.2. The number of nitrogens with zero attached hydrogens (tertiary/aromatic N) is 1. The SMILES string of the molecule is Cc1c(Br)cccc1S(=O)(=O)N1CCCCC1C(C)N. The lowest BCUT2D eigenvalue weighted by molar-refractivity contribution is 0.227. The van der Waals surface area contributed by atoms with Gasteiger partial charge in [0, 0.05) is 23.1 Å². The van der Waals surface area contributed by atoms with Crippen molar-refractivity contribution in [2.24, 2.45) is 5.73 Å². The second kappa shape index (κ2) is 6.13. The molecule has 1 aliphatic rings. The van der Waals surface area contributed by atoms with E-state index in [1.54, 1.807) is 16.4 Å². The third-order valence-electron chi connectivity index (χ3n) is 3.91. The molecule has 0 saturated carbocycles. The normalized spacial score (nSPS) is 22.7. The van der Waals surface area contributed by atoms with Crippen LogP contribution in [0, 0.1) is 6.92 Å². The average Bonchev–Trinajstić information content (AvgIpc) is 2.41. The molecule has 1 fully saturated rings. The lowest BCUT2D eigenvalue weighted by Crippen LogP contribution is -2.51. The molecule has 20 heavy (non-hydrogen) atoms. The summed E-state index contributed by atoms with van der Waals surface area (Å²) in [6, 6.07) is 5.02. The van der Waals surface area contributed by atoms with Gasteiger partial charge in [-0.25, -0.2) is 8.42 Å². The van der Waals surface area contributed by atoms with Crippen molar-refractivity contribution in [3.63, 3.8) is 0 Å². The van der Waals surface area contributed by atoms with Crippen molar-refractivity contribution >= 4 is 26.0 Å². The van der Waals surface area contributed by atoms with Gasteiger partial charge < -0.3 is 5.73 Å². The molecule has 0 bridgehead atoms. The van der Waals surface area contributed by atoms with Crippen LogP contribution in [-0.4, -0.2) is 31.4 Å². The first-order valence-electron chi connectivity index (χ1n) is 6.88. The molecule has 6 heteroatoms. The van der Waals surface area contributed by atoms with Gasteiger partial charge in [0.15, 0.2) is 0 Å². The van der Waals surface area contributed by atoms with Gasteiger partial charge in [0.25, 0.3) is 0 Å². The van der Waals surface area contributed by atoms with Crippen molar-refractivity contribution in [3.8, 4) is 0 Å². The zero-order valence-electron chi connectivity index (χ0n) is 11.8. The third kappa shape index (κ3) is 2.93. The van der Waals surface area contributed by atoms with E-state index in [1.165, 1.54) is 0 Å². The molecular weight excluding hydrogens is 340 g/mol. The Morgan fingerprint density at radius 3 is 2.75 bits per heavy atom. The second-order valence-corrected chi connectivity index (χ2v) is 8.11. The third-order valence-corrected chi connectivity index (χ3v) is 6.84. The van der Waals surface area contributed by atoms with E-state index >= 15 is 0 Å². The van der Waals surface area contributed by atoms with Gasteiger partial charge in [0.2, 0.25) is 10.0 Å². The Morgan fingerprint density at radius 2 is 2.10 bits per heavy atom. The van der Waals surface area contributed by atoms with E-state index in [-0.39, 0.29) is 12.1 Å². The Bertz CT molecular complexity index is 587. The fraction of sp³-hybridized carbons (Fsp3) is 0.571. The number of halogens is 1. The molecule has 2 unspecified atom stereocenters. The minimum atomic E-state index is -3.49. The molecule has 1 saturated heterocycles. The largest absolute Gasteiger partial charge is 0.326 e. The fourth-order valence-corrected chi connectivity index (χ4v) is 5.27. The van der Waals surface area contributed by atoms with Crippen molar-refractivity contribution in [3.05, 3.63) is 28.2 Å². The van der Waals surface area contributed by atoms with E-state index in [2.05, 4.69) is 15.9 Å². The quantitative estimate of drug-likeness (QED) is 0.900. The Kier molecular flexibility index (Phi) is 4.89. The van der Waals surface area contributed by atoms with Gasteiger partial charge in [0.1, 0.15) is 0 Å². The molecular formula is C14H21BrN2O2S. The molecule has 4 nitrogen and oxygen atoms in total. The van der Waals surface area contributed by atoms with Crippen molar-refractivity contribution in [1.82, 2.24) is 4.31 Å². The van der Waals surface area contributed by atoms with E-state index in [9.17, 15) is 8.42 Å². The maximum Gasteiger partial charge on any atom is 0.243 e. The predicted octanol–water partition coefficient (Wildman–Crippen LogP) is 2.65. The molecule has 2 atom stereocenters. The Hall–Kier alpha value is -0.430. The van der Waals surface area contributed by atoms with Crippen LogP contribution in [0.2, 0.25) is 0 Å². The summed E-state index contributed by atoms with van der Waals surface area (Å²) >= 11 is 3.40. The maximum atomic E-state index is 12.9. The van der Waals surface area contributed by atoms with E-state index in [0.29, 0.717) is 11.4 Å². The van der Waals surface area contributed by atoms with Gasteiger partial charge in [-0.1, -0.05) is 28.4 Å². The molecule has 1 aromatic carbocycles.